The van der Waals surface area contributed by atoms with Gasteiger partial charge in [-0.15, -0.1) is 0 Å². The second-order valence-corrected chi connectivity index (χ2v) is 6.50. The number of likely N-dealkylation sites (tertiary alicyclic amines) is 1. The van der Waals surface area contributed by atoms with E-state index in [1.807, 2.05) is 0 Å². The van der Waals surface area contributed by atoms with Crippen LogP contribution in [0, 0.1) is 0 Å². The molecule has 1 aliphatic rings. The van der Waals surface area contributed by atoms with Crippen LogP contribution in [0.3, 0.4) is 0 Å². The molecule has 2 heteroatoms. The number of nitrogens with zero attached hydrogens (tertiary/aromatic N) is 1. The van der Waals surface area contributed by atoms with Crippen LogP contribution in [-0.2, 0) is 0 Å². The van der Waals surface area contributed by atoms with Gasteiger partial charge in [-0.1, -0.05) is 26.2 Å². The van der Waals surface area contributed by atoms with Crippen molar-refractivity contribution < 1.29 is 0 Å². The zero-order valence-corrected chi connectivity index (χ0v) is 12.4. The maximum atomic E-state index is 3.66. The Morgan fingerprint density at radius 1 is 1.00 bits per heavy atom. The third-order valence-corrected chi connectivity index (χ3v) is 3.75. The molecule has 1 atom stereocenters. The van der Waals surface area contributed by atoms with Crippen molar-refractivity contribution in [1.82, 2.24) is 10.2 Å². The summed E-state index contributed by atoms with van der Waals surface area (Å²) in [4.78, 5) is 2.72. The van der Waals surface area contributed by atoms with Gasteiger partial charge in [0.05, 0.1) is 0 Å². The quantitative estimate of drug-likeness (QED) is 0.810. The van der Waals surface area contributed by atoms with Crippen molar-refractivity contribution in [2.75, 3.05) is 19.6 Å². The lowest BCUT2D eigenvalue weighted by molar-refractivity contribution is 0.163. The first-order valence-corrected chi connectivity index (χ1v) is 7.52. The molecular weight excluding hydrogens is 208 g/mol. The lowest BCUT2D eigenvalue weighted by Gasteiger charge is -2.34. The Morgan fingerprint density at radius 3 is 2.00 bits per heavy atom. The SMILES string of the molecule is CCC(CNC(C)(C)C)N1CCCCCCC1. The molecule has 0 saturated carbocycles. The van der Waals surface area contributed by atoms with Crippen LogP contribution >= 0.6 is 0 Å². The average molecular weight is 240 g/mol. The third-order valence-electron chi connectivity index (χ3n) is 3.75. The molecule has 1 rings (SSSR count). The van der Waals surface area contributed by atoms with Gasteiger partial charge in [0, 0.05) is 18.1 Å². The minimum atomic E-state index is 0.246. The van der Waals surface area contributed by atoms with E-state index >= 15 is 0 Å². The average Bonchev–Trinajstić information content (AvgIpc) is 2.19. The fourth-order valence-corrected chi connectivity index (χ4v) is 2.59. The van der Waals surface area contributed by atoms with Gasteiger partial charge in [-0.3, -0.25) is 4.90 Å². The van der Waals surface area contributed by atoms with E-state index in [9.17, 15) is 0 Å². The highest BCUT2D eigenvalue weighted by molar-refractivity contribution is 4.79. The second kappa shape index (κ2) is 7.38. The number of rotatable bonds is 4. The first kappa shape index (κ1) is 15.0. The van der Waals surface area contributed by atoms with Crippen LogP contribution in [0.1, 0.15) is 66.2 Å². The fraction of sp³-hybridized carbons (Fsp3) is 1.00. The van der Waals surface area contributed by atoms with Crippen LogP contribution in [0.2, 0.25) is 0 Å². The summed E-state index contributed by atoms with van der Waals surface area (Å²) in [5.74, 6) is 0. The molecule has 1 aliphatic heterocycles. The van der Waals surface area contributed by atoms with Crippen LogP contribution in [-0.4, -0.2) is 36.1 Å². The molecule has 0 spiro atoms. The molecule has 1 heterocycles. The van der Waals surface area contributed by atoms with Crippen LogP contribution in [0.15, 0.2) is 0 Å². The lowest BCUT2D eigenvalue weighted by atomic mass is 10.0. The van der Waals surface area contributed by atoms with Crippen LogP contribution in [0.4, 0.5) is 0 Å². The second-order valence-electron chi connectivity index (χ2n) is 6.50. The summed E-state index contributed by atoms with van der Waals surface area (Å²) in [6.45, 7) is 12.9. The molecule has 0 radical (unpaired) electrons. The predicted octanol–water partition coefficient (Wildman–Crippen LogP) is 3.42. The van der Waals surface area contributed by atoms with E-state index in [1.54, 1.807) is 0 Å². The topological polar surface area (TPSA) is 15.3 Å². The van der Waals surface area contributed by atoms with Gasteiger partial charge in [0.15, 0.2) is 0 Å². The Morgan fingerprint density at radius 2 is 1.53 bits per heavy atom. The normalized spacial score (nSPS) is 21.9. The van der Waals surface area contributed by atoms with Gasteiger partial charge in [-0.25, -0.2) is 0 Å². The molecule has 0 aromatic heterocycles. The fourth-order valence-electron chi connectivity index (χ4n) is 2.59. The largest absolute Gasteiger partial charge is 0.311 e. The Bertz CT molecular complexity index is 188. The monoisotopic (exact) mass is 240 g/mol. The summed E-state index contributed by atoms with van der Waals surface area (Å²) in [5, 5.41) is 3.66. The summed E-state index contributed by atoms with van der Waals surface area (Å²) in [6.07, 6.45) is 8.37. The van der Waals surface area contributed by atoms with Gasteiger partial charge in [-0.2, -0.15) is 0 Å². The minimum absolute atomic E-state index is 0.246. The highest BCUT2D eigenvalue weighted by Crippen LogP contribution is 2.14. The molecule has 2 nitrogen and oxygen atoms in total. The molecule has 0 aliphatic carbocycles. The zero-order chi connectivity index (χ0) is 12.7. The van der Waals surface area contributed by atoms with Gasteiger partial charge in [0.1, 0.15) is 0 Å². The molecule has 0 amide bonds. The molecule has 0 aromatic carbocycles. The predicted molar refractivity (Wildman–Crippen MR) is 76.5 cm³/mol. The van der Waals surface area contributed by atoms with Gasteiger partial charge in [-0.05, 0) is 53.1 Å². The third kappa shape index (κ3) is 6.42. The summed E-state index contributed by atoms with van der Waals surface area (Å²) in [5.41, 5.74) is 0.246. The van der Waals surface area contributed by atoms with Crippen LogP contribution in [0.5, 0.6) is 0 Å². The molecule has 1 fully saturated rings. The van der Waals surface area contributed by atoms with Crippen molar-refractivity contribution in [2.45, 2.75) is 77.8 Å². The highest BCUT2D eigenvalue weighted by atomic mass is 15.2. The van der Waals surface area contributed by atoms with Crippen LogP contribution in [0.25, 0.3) is 0 Å². The number of hydrogen-bond acceptors (Lipinski definition) is 2. The van der Waals surface area contributed by atoms with E-state index in [0.717, 1.165) is 12.6 Å². The summed E-state index contributed by atoms with van der Waals surface area (Å²) in [7, 11) is 0. The maximum Gasteiger partial charge on any atom is 0.0218 e. The Balaban J connectivity index is 2.40. The zero-order valence-electron chi connectivity index (χ0n) is 12.4. The smallest absolute Gasteiger partial charge is 0.0218 e. The molecular formula is C15H32N2. The standard InChI is InChI=1S/C15H32N2/c1-5-14(13-16-15(2,3)4)17-11-9-7-6-8-10-12-17/h14,16H,5-13H2,1-4H3. The molecule has 0 bridgehead atoms. The number of hydrogen-bond donors (Lipinski definition) is 1. The highest BCUT2D eigenvalue weighted by Gasteiger charge is 2.19. The lowest BCUT2D eigenvalue weighted by Crippen LogP contribution is -2.48. The van der Waals surface area contributed by atoms with Gasteiger partial charge in [0.25, 0.3) is 0 Å². The van der Waals surface area contributed by atoms with E-state index in [-0.39, 0.29) is 5.54 Å². The molecule has 0 aromatic rings. The number of nitrogens with one attached hydrogen (secondary N) is 1. The van der Waals surface area contributed by atoms with Crippen molar-refractivity contribution >= 4 is 0 Å². The summed E-state index contributed by atoms with van der Waals surface area (Å²) < 4.78 is 0. The minimum Gasteiger partial charge on any atom is -0.311 e. The first-order valence-electron chi connectivity index (χ1n) is 7.52. The Labute approximate surface area is 108 Å². The Kier molecular flexibility index (Phi) is 6.50. The maximum absolute atomic E-state index is 3.66. The Hall–Kier alpha value is -0.0800. The van der Waals surface area contributed by atoms with E-state index < -0.39 is 0 Å². The first-order chi connectivity index (χ1) is 8.03. The summed E-state index contributed by atoms with van der Waals surface area (Å²) >= 11 is 0. The van der Waals surface area contributed by atoms with Crippen LogP contribution < -0.4 is 5.32 Å². The van der Waals surface area contributed by atoms with E-state index in [1.165, 1.54) is 51.6 Å². The van der Waals surface area contributed by atoms with Crippen molar-refractivity contribution in [3.05, 3.63) is 0 Å². The molecule has 1 unspecified atom stereocenters. The van der Waals surface area contributed by atoms with Crippen molar-refractivity contribution in [2.24, 2.45) is 0 Å². The van der Waals surface area contributed by atoms with Gasteiger partial charge >= 0.3 is 0 Å². The molecule has 1 N–H and O–H groups in total. The summed E-state index contributed by atoms with van der Waals surface area (Å²) in [6, 6.07) is 0.729. The van der Waals surface area contributed by atoms with Gasteiger partial charge < -0.3 is 5.32 Å². The van der Waals surface area contributed by atoms with E-state index in [0.29, 0.717) is 0 Å². The van der Waals surface area contributed by atoms with Crippen molar-refractivity contribution in [3.63, 3.8) is 0 Å². The van der Waals surface area contributed by atoms with E-state index in [2.05, 4.69) is 37.9 Å². The van der Waals surface area contributed by atoms with Crippen molar-refractivity contribution in [3.8, 4) is 0 Å². The van der Waals surface area contributed by atoms with E-state index in [4.69, 9.17) is 0 Å². The molecule has 1 saturated heterocycles. The van der Waals surface area contributed by atoms with Crippen molar-refractivity contribution in [1.29, 1.82) is 0 Å². The van der Waals surface area contributed by atoms with Gasteiger partial charge in [0.2, 0.25) is 0 Å². The molecule has 17 heavy (non-hydrogen) atoms. The molecule has 102 valence electrons.